The predicted octanol–water partition coefficient (Wildman–Crippen LogP) is 5.90. The molecule has 1 aromatic rings. The smallest absolute Gasteiger partial charge is 0.163 e. The maximum Gasteiger partial charge on any atom is 0.163 e. The van der Waals surface area contributed by atoms with E-state index in [1.165, 1.54) is 0 Å². The molecular formula is C22H20Br2O4. The van der Waals surface area contributed by atoms with E-state index in [1.54, 1.807) is 6.08 Å². The molecule has 3 aliphatic rings. The average Bonchev–Trinajstić information content (AvgIpc) is 2.66. The summed E-state index contributed by atoms with van der Waals surface area (Å²) >= 11 is 7.16. The normalized spacial score (nSPS) is 19.9. The molecule has 1 heterocycles. The van der Waals surface area contributed by atoms with Gasteiger partial charge in [-0.3, -0.25) is 9.59 Å². The van der Waals surface area contributed by atoms with E-state index in [-0.39, 0.29) is 17.5 Å². The van der Waals surface area contributed by atoms with Crippen LogP contribution in [0.25, 0.3) is 0 Å². The van der Waals surface area contributed by atoms with Crippen molar-refractivity contribution in [2.75, 3.05) is 6.61 Å². The number of allylic oxidation sites excluding steroid dienone is 4. The summed E-state index contributed by atoms with van der Waals surface area (Å²) in [6.45, 7) is 4.06. The Morgan fingerprint density at radius 3 is 2.04 bits per heavy atom. The van der Waals surface area contributed by atoms with Crippen LogP contribution in [0.1, 0.15) is 50.0 Å². The van der Waals surface area contributed by atoms with Crippen molar-refractivity contribution >= 4 is 43.4 Å². The highest BCUT2D eigenvalue weighted by Crippen LogP contribution is 2.49. The summed E-state index contributed by atoms with van der Waals surface area (Å²) in [5, 5.41) is 0. The van der Waals surface area contributed by atoms with Gasteiger partial charge in [-0.05, 0) is 62.4 Å². The van der Waals surface area contributed by atoms with Crippen LogP contribution < -0.4 is 4.74 Å². The molecule has 4 rings (SSSR count). The van der Waals surface area contributed by atoms with Crippen LogP contribution in [0.5, 0.6) is 5.75 Å². The number of rotatable bonds is 4. The van der Waals surface area contributed by atoms with Gasteiger partial charge in [0.1, 0.15) is 23.9 Å². The zero-order valence-electron chi connectivity index (χ0n) is 15.4. The second-order valence-corrected chi connectivity index (χ2v) is 8.88. The highest BCUT2D eigenvalue weighted by atomic mass is 79.9. The minimum Gasteiger partial charge on any atom is -0.487 e. The Bertz CT molecular complexity index is 877. The average molecular weight is 508 g/mol. The van der Waals surface area contributed by atoms with Gasteiger partial charge in [0.05, 0.1) is 8.95 Å². The molecule has 0 saturated heterocycles. The zero-order chi connectivity index (χ0) is 19.8. The number of hydrogen-bond donors (Lipinski definition) is 0. The lowest BCUT2D eigenvalue weighted by molar-refractivity contribution is -0.117. The van der Waals surface area contributed by atoms with Crippen molar-refractivity contribution in [2.24, 2.45) is 0 Å². The van der Waals surface area contributed by atoms with Crippen molar-refractivity contribution in [3.63, 3.8) is 0 Å². The monoisotopic (exact) mass is 506 g/mol. The molecule has 0 bridgehead atoms. The molecule has 1 aliphatic heterocycles. The maximum atomic E-state index is 12.8. The van der Waals surface area contributed by atoms with E-state index in [0.717, 1.165) is 51.7 Å². The van der Waals surface area contributed by atoms with Gasteiger partial charge < -0.3 is 9.47 Å². The highest BCUT2D eigenvalue weighted by molar-refractivity contribution is 9.11. The third-order valence-electron chi connectivity index (χ3n) is 5.34. The lowest BCUT2D eigenvalue weighted by atomic mass is 9.73. The molecule has 146 valence electrons. The Hall–Kier alpha value is -1.66. The van der Waals surface area contributed by atoms with E-state index < -0.39 is 0 Å². The summed E-state index contributed by atoms with van der Waals surface area (Å²) in [6.07, 6.45) is 5.75. The van der Waals surface area contributed by atoms with Crippen molar-refractivity contribution in [3.8, 4) is 5.75 Å². The van der Waals surface area contributed by atoms with E-state index in [2.05, 4.69) is 38.4 Å². The van der Waals surface area contributed by atoms with Gasteiger partial charge in [0.2, 0.25) is 0 Å². The Morgan fingerprint density at radius 1 is 1.00 bits per heavy atom. The van der Waals surface area contributed by atoms with Crippen LogP contribution >= 0.6 is 31.9 Å². The summed E-state index contributed by atoms with van der Waals surface area (Å²) in [5.74, 6) is 1.94. The quantitative estimate of drug-likeness (QED) is 0.476. The summed E-state index contributed by atoms with van der Waals surface area (Å²) in [6, 6.07) is 3.89. The lowest BCUT2D eigenvalue weighted by Gasteiger charge is -2.36. The van der Waals surface area contributed by atoms with Crippen LogP contribution in [0, 0.1) is 0 Å². The molecule has 0 atom stereocenters. The Labute approximate surface area is 180 Å². The van der Waals surface area contributed by atoms with E-state index in [9.17, 15) is 9.59 Å². The van der Waals surface area contributed by atoms with Crippen molar-refractivity contribution in [1.29, 1.82) is 0 Å². The van der Waals surface area contributed by atoms with Gasteiger partial charge in [0, 0.05) is 42.7 Å². The maximum absolute atomic E-state index is 12.8. The number of carbonyl (C=O) groups excluding carboxylic acids is 2. The van der Waals surface area contributed by atoms with Crippen LogP contribution in [-0.4, -0.2) is 18.2 Å². The number of ketones is 2. The number of hydrogen-bond acceptors (Lipinski definition) is 4. The fraction of sp³-hybridized carbons (Fsp3) is 0.364. The van der Waals surface area contributed by atoms with Crippen LogP contribution in [0.3, 0.4) is 0 Å². The van der Waals surface area contributed by atoms with E-state index in [0.29, 0.717) is 36.3 Å². The fourth-order valence-corrected chi connectivity index (χ4v) is 5.63. The van der Waals surface area contributed by atoms with Gasteiger partial charge in [-0.2, -0.15) is 0 Å². The second-order valence-electron chi connectivity index (χ2n) is 7.18. The highest BCUT2D eigenvalue weighted by Gasteiger charge is 2.42. The van der Waals surface area contributed by atoms with E-state index in [1.807, 2.05) is 12.1 Å². The Balaban J connectivity index is 1.86. The zero-order valence-corrected chi connectivity index (χ0v) is 18.5. The van der Waals surface area contributed by atoms with Gasteiger partial charge >= 0.3 is 0 Å². The molecule has 28 heavy (non-hydrogen) atoms. The molecule has 0 amide bonds. The minimum absolute atomic E-state index is 0.0791. The van der Waals surface area contributed by atoms with Gasteiger partial charge in [-0.25, -0.2) is 0 Å². The largest absolute Gasteiger partial charge is 0.487 e. The van der Waals surface area contributed by atoms with Crippen LogP contribution in [0.15, 0.2) is 56.4 Å². The third-order valence-corrected chi connectivity index (χ3v) is 6.52. The molecule has 0 unspecified atom stereocenters. The SMILES string of the molecule is C=CCOc1c(Br)cc(C2C3=C(CCCC3=O)OC3=C2C(=O)CCC3)cc1Br. The summed E-state index contributed by atoms with van der Waals surface area (Å²) in [4.78, 5) is 25.7. The first-order valence-electron chi connectivity index (χ1n) is 9.44. The molecule has 6 heteroatoms. The fourth-order valence-electron chi connectivity index (χ4n) is 4.18. The first-order chi connectivity index (χ1) is 13.5. The minimum atomic E-state index is -0.375. The first-order valence-corrected chi connectivity index (χ1v) is 11.0. The second kappa shape index (κ2) is 7.99. The Morgan fingerprint density at radius 2 is 1.54 bits per heavy atom. The number of benzene rings is 1. The molecular weight excluding hydrogens is 488 g/mol. The van der Waals surface area contributed by atoms with Gasteiger partial charge in [-0.15, -0.1) is 0 Å². The molecule has 1 aromatic carbocycles. The van der Waals surface area contributed by atoms with Gasteiger partial charge in [0.15, 0.2) is 11.6 Å². The van der Waals surface area contributed by atoms with Gasteiger partial charge in [0.25, 0.3) is 0 Å². The molecule has 0 aromatic heterocycles. The number of Topliss-reactive ketones (excluding diaryl/α,β-unsaturated/α-hetero) is 2. The first kappa shape index (κ1) is 19.6. The molecule has 0 spiro atoms. The molecule has 0 radical (unpaired) electrons. The topological polar surface area (TPSA) is 52.6 Å². The molecule has 0 saturated carbocycles. The van der Waals surface area contributed by atoms with Crippen molar-refractivity contribution in [1.82, 2.24) is 0 Å². The standard InChI is InChI=1S/C22H20Br2O4/c1-2-9-27-22-13(23)10-12(11-14(22)24)19-20-15(25)5-3-7-17(20)28-18-8-4-6-16(26)21(18)19/h2,10-11,19H,1,3-9H2. The van der Waals surface area contributed by atoms with Gasteiger partial charge in [-0.1, -0.05) is 12.7 Å². The lowest BCUT2D eigenvalue weighted by Crippen LogP contribution is -2.30. The van der Waals surface area contributed by atoms with Crippen LogP contribution in [-0.2, 0) is 14.3 Å². The summed E-state index contributed by atoms with van der Waals surface area (Å²) in [5.41, 5.74) is 2.19. The predicted molar refractivity (Wildman–Crippen MR) is 113 cm³/mol. The molecule has 4 nitrogen and oxygen atoms in total. The van der Waals surface area contributed by atoms with Crippen LogP contribution in [0.2, 0.25) is 0 Å². The molecule has 2 aliphatic carbocycles. The number of carbonyl (C=O) groups is 2. The molecule has 0 N–H and O–H groups in total. The Kier molecular flexibility index (Phi) is 5.61. The van der Waals surface area contributed by atoms with Crippen molar-refractivity contribution in [2.45, 2.75) is 44.4 Å². The number of ether oxygens (including phenoxy) is 2. The summed E-state index contributed by atoms with van der Waals surface area (Å²) < 4.78 is 13.3. The molecule has 0 fully saturated rings. The van der Waals surface area contributed by atoms with Crippen molar-refractivity contribution < 1.29 is 19.1 Å². The van der Waals surface area contributed by atoms with Crippen molar-refractivity contribution in [3.05, 3.63) is 62.0 Å². The summed E-state index contributed by atoms with van der Waals surface area (Å²) in [7, 11) is 0. The third kappa shape index (κ3) is 3.41. The number of halogens is 2. The van der Waals surface area contributed by atoms with E-state index in [4.69, 9.17) is 9.47 Å². The van der Waals surface area contributed by atoms with Crippen LogP contribution in [0.4, 0.5) is 0 Å². The van der Waals surface area contributed by atoms with E-state index >= 15 is 0 Å².